The van der Waals surface area contributed by atoms with Crippen LogP contribution in [0.5, 0.6) is 0 Å². The summed E-state index contributed by atoms with van der Waals surface area (Å²) in [4.78, 5) is 24.8. The molecule has 1 aliphatic heterocycles. The molecule has 0 bridgehead atoms. The fourth-order valence-electron chi connectivity index (χ4n) is 2.41. The van der Waals surface area contributed by atoms with Crippen LogP contribution in [0.1, 0.15) is 40.5 Å². The van der Waals surface area contributed by atoms with Crippen LogP contribution in [0, 0.1) is 5.92 Å². The number of rotatable bonds is 2. The number of carbonyl (C=O) groups is 2. The van der Waals surface area contributed by atoms with Crippen molar-refractivity contribution in [1.29, 1.82) is 0 Å². The summed E-state index contributed by atoms with van der Waals surface area (Å²) >= 11 is 0. The van der Waals surface area contributed by atoms with E-state index in [1.165, 1.54) is 4.90 Å². The molecule has 1 fully saturated rings. The van der Waals surface area contributed by atoms with Gasteiger partial charge in [0.25, 0.3) is 0 Å². The van der Waals surface area contributed by atoms with Gasteiger partial charge in [-0.15, -0.1) is 0 Å². The molecular weight excluding hydrogens is 327 g/mol. The van der Waals surface area contributed by atoms with Crippen LogP contribution < -0.4 is 0 Å². The Morgan fingerprint density at radius 2 is 1.88 bits per heavy atom. The average Bonchev–Trinajstić information content (AvgIpc) is 2.59. The van der Waals surface area contributed by atoms with Crippen molar-refractivity contribution in [2.45, 2.75) is 52.3 Å². The fraction of sp³-hybridized carbons (Fsp3) is 0.750. The van der Waals surface area contributed by atoms with E-state index in [4.69, 9.17) is 9.47 Å². The predicted molar refractivity (Wildman–Crippen MR) is 81.3 cm³/mol. The summed E-state index contributed by atoms with van der Waals surface area (Å²) in [5.74, 6) is -2.57. The van der Waals surface area contributed by atoms with Crippen LogP contribution in [0.25, 0.3) is 0 Å². The first-order chi connectivity index (χ1) is 10.9. The summed E-state index contributed by atoms with van der Waals surface area (Å²) in [7, 11) is 0. The first-order valence-corrected chi connectivity index (χ1v) is 7.86. The maximum absolute atomic E-state index is 13.3. The van der Waals surface area contributed by atoms with Crippen molar-refractivity contribution >= 4 is 12.1 Å². The van der Waals surface area contributed by atoms with Gasteiger partial charge < -0.3 is 14.4 Å². The smallest absolute Gasteiger partial charge is 0.410 e. The van der Waals surface area contributed by atoms with Gasteiger partial charge in [-0.1, -0.05) is 0 Å². The van der Waals surface area contributed by atoms with E-state index in [0.29, 0.717) is 0 Å². The van der Waals surface area contributed by atoms with Crippen LogP contribution in [0.4, 0.5) is 18.0 Å². The van der Waals surface area contributed by atoms with E-state index in [1.807, 2.05) is 0 Å². The van der Waals surface area contributed by atoms with Gasteiger partial charge in [0.1, 0.15) is 5.60 Å². The Bertz CT molecular complexity index is 495. The van der Waals surface area contributed by atoms with Gasteiger partial charge in [-0.05, 0) is 46.1 Å². The maximum Gasteiger partial charge on any atom is 0.410 e. The molecule has 0 N–H and O–H groups in total. The molecule has 5 nitrogen and oxygen atoms in total. The highest BCUT2D eigenvalue weighted by molar-refractivity contribution is 5.83. The fourth-order valence-corrected chi connectivity index (χ4v) is 2.41. The first kappa shape index (κ1) is 20.3. The minimum Gasteiger partial charge on any atom is -0.463 e. The van der Waals surface area contributed by atoms with Gasteiger partial charge in [-0.2, -0.15) is 13.2 Å². The zero-order valence-corrected chi connectivity index (χ0v) is 14.4. The monoisotopic (exact) mass is 351 g/mol. The topological polar surface area (TPSA) is 55.8 Å². The molecule has 1 aliphatic rings. The number of amides is 1. The van der Waals surface area contributed by atoms with E-state index in [-0.39, 0.29) is 38.1 Å². The summed E-state index contributed by atoms with van der Waals surface area (Å²) in [6.07, 6.45) is -4.60. The molecule has 1 amide bonds. The van der Waals surface area contributed by atoms with Crippen molar-refractivity contribution in [3.8, 4) is 0 Å². The number of hydrogen-bond donors (Lipinski definition) is 0. The lowest BCUT2D eigenvalue weighted by Crippen LogP contribution is -2.37. The van der Waals surface area contributed by atoms with E-state index in [0.717, 1.165) is 6.08 Å². The lowest BCUT2D eigenvalue weighted by atomic mass is 9.93. The van der Waals surface area contributed by atoms with Gasteiger partial charge >= 0.3 is 18.2 Å². The predicted octanol–water partition coefficient (Wildman–Crippen LogP) is 3.69. The minimum absolute atomic E-state index is 0.0533. The minimum atomic E-state index is -4.48. The van der Waals surface area contributed by atoms with Gasteiger partial charge in [-0.25, -0.2) is 9.59 Å². The highest BCUT2D eigenvalue weighted by atomic mass is 19.4. The molecule has 0 saturated carbocycles. The highest BCUT2D eigenvalue weighted by Gasteiger charge is 2.43. The summed E-state index contributed by atoms with van der Waals surface area (Å²) in [6, 6.07) is 0. The Kier molecular flexibility index (Phi) is 6.68. The normalized spacial score (nSPS) is 21.4. The number of carbonyl (C=O) groups excluding carboxylic acids is 2. The number of alkyl halides is 3. The zero-order chi connectivity index (χ0) is 18.5. The van der Waals surface area contributed by atoms with E-state index in [2.05, 4.69) is 0 Å². The Balaban J connectivity index is 2.94. The van der Waals surface area contributed by atoms with Crippen LogP contribution in [0.2, 0.25) is 0 Å². The van der Waals surface area contributed by atoms with Gasteiger partial charge in [0, 0.05) is 19.2 Å². The summed E-state index contributed by atoms with van der Waals surface area (Å²) < 4.78 is 49.7. The molecule has 1 unspecified atom stereocenters. The number of nitrogens with zero attached hydrogens (tertiary/aromatic N) is 1. The molecule has 8 heteroatoms. The molecule has 0 spiro atoms. The van der Waals surface area contributed by atoms with Crippen LogP contribution in [-0.4, -0.2) is 48.4 Å². The molecule has 1 heterocycles. The Morgan fingerprint density at radius 1 is 1.25 bits per heavy atom. The van der Waals surface area contributed by atoms with Crippen LogP contribution in [-0.2, 0) is 14.3 Å². The van der Waals surface area contributed by atoms with Crippen molar-refractivity contribution in [2.24, 2.45) is 5.92 Å². The van der Waals surface area contributed by atoms with Crippen molar-refractivity contribution in [2.75, 3.05) is 19.7 Å². The highest BCUT2D eigenvalue weighted by Crippen LogP contribution is 2.38. The summed E-state index contributed by atoms with van der Waals surface area (Å²) in [5, 5.41) is 0. The quantitative estimate of drug-likeness (QED) is 0.562. The molecule has 0 aromatic heterocycles. The van der Waals surface area contributed by atoms with Crippen LogP contribution in [0.3, 0.4) is 0 Å². The second kappa shape index (κ2) is 7.90. The molecule has 24 heavy (non-hydrogen) atoms. The molecule has 0 radical (unpaired) electrons. The summed E-state index contributed by atoms with van der Waals surface area (Å²) in [6.45, 7) is 6.71. The van der Waals surface area contributed by atoms with E-state index < -0.39 is 29.8 Å². The van der Waals surface area contributed by atoms with Gasteiger partial charge in [0.05, 0.1) is 12.5 Å². The molecule has 0 aromatic rings. The summed E-state index contributed by atoms with van der Waals surface area (Å²) in [5.41, 5.74) is -0.789. The first-order valence-electron chi connectivity index (χ1n) is 7.86. The second-order valence-corrected chi connectivity index (χ2v) is 6.57. The van der Waals surface area contributed by atoms with Crippen LogP contribution in [0.15, 0.2) is 11.6 Å². The second-order valence-electron chi connectivity index (χ2n) is 6.57. The molecular formula is C16H24F3NO4. The average molecular weight is 351 g/mol. The zero-order valence-electron chi connectivity index (χ0n) is 14.4. The maximum atomic E-state index is 13.3. The van der Waals surface area contributed by atoms with Crippen molar-refractivity contribution in [3.05, 3.63) is 11.6 Å². The van der Waals surface area contributed by atoms with Crippen LogP contribution >= 0.6 is 0 Å². The third kappa shape index (κ3) is 6.41. The number of likely N-dealkylation sites (tertiary alicyclic amines) is 1. The van der Waals surface area contributed by atoms with Crippen molar-refractivity contribution < 1.29 is 32.2 Å². The van der Waals surface area contributed by atoms with E-state index >= 15 is 0 Å². The molecule has 0 aliphatic carbocycles. The molecule has 1 atom stereocenters. The standard InChI is InChI=1S/C16H24F3NO4/c1-5-23-13(21)10-11-6-8-20(14(22)24-15(2,3)4)9-7-12(11)16(17,18)19/h10,12H,5-9H2,1-4H3/b11-10+. The van der Waals surface area contributed by atoms with Crippen molar-refractivity contribution in [1.82, 2.24) is 4.90 Å². The Labute approximate surface area is 139 Å². The van der Waals surface area contributed by atoms with E-state index in [9.17, 15) is 22.8 Å². The SMILES string of the molecule is CCOC(=O)/C=C1\CCN(C(=O)OC(C)(C)C)CCC1C(F)(F)F. The molecule has 138 valence electrons. The number of hydrogen-bond acceptors (Lipinski definition) is 4. The molecule has 1 saturated heterocycles. The van der Waals surface area contributed by atoms with Gasteiger partial charge in [0.15, 0.2) is 0 Å². The third-order valence-corrected chi connectivity index (χ3v) is 3.44. The Hall–Kier alpha value is -1.73. The van der Waals surface area contributed by atoms with Gasteiger partial charge in [0.2, 0.25) is 0 Å². The third-order valence-electron chi connectivity index (χ3n) is 3.44. The number of halogens is 3. The van der Waals surface area contributed by atoms with Crippen molar-refractivity contribution in [3.63, 3.8) is 0 Å². The van der Waals surface area contributed by atoms with E-state index in [1.54, 1.807) is 27.7 Å². The lowest BCUT2D eigenvalue weighted by molar-refractivity contribution is -0.165. The lowest BCUT2D eigenvalue weighted by Gasteiger charge is -2.26. The number of ether oxygens (including phenoxy) is 2. The Morgan fingerprint density at radius 3 is 2.38 bits per heavy atom. The molecule has 1 rings (SSSR count). The largest absolute Gasteiger partial charge is 0.463 e. The number of esters is 1. The molecule has 0 aromatic carbocycles. The van der Waals surface area contributed by atoms with Gasteiger partial charge in [-0.3, -0.25) is 0 Å².